The molecule has 1 aromatic carbocycles. The third-order valence-electron chi connectivity index (χ3n) is 3.40. The molecule has 106 valence electrons. The highest BCUT2D eigenvalue weighted by Gasteiger charge is 2.45. The molecule has 7 nitrogen and oxygen atoms in total. The molecular formula is C13H15N3O4. The molecule has 0 spiro atoms. The van der Waals surface area contributed by atoms with E-state index in [2.05, 4.69) is 10.6 Å². The van der Waals surface area contributed by atoms with Crippen molar-refractivity contribution in [3.05, 3.63) is 29.8 Å². The van der Waals surface area contributed by atoms with E-state index >= 15 is 0 Å². The van der Waals surface area contributed by atoms with E-state index in [-0.39, 0.29) is 0 Å². The van der Waals surface area contributed by atoms with Crippen molar-refractivity contribution >= 4 is 23.6 Å². The summed E-state index contributed by atoms with van der Waals surface area (Å²) in [6, 6.07) is 5.42. The quantitative estimate of drug-likeness (QED) is 0.653. The van der Waals surface area contributed by atoms with Crippen LogP contribution in [0.1, 0.15) is 29.6 Å². The monoisotopic (exact) mass is 277 g/mol. The van der Waals surface area contributed by atoms with Gasteiger partial charge in [0.25, 0.3) is 0 Å². The third-order valence-corrected chi connectivity index (χ3v) is 3.40. The third kappa shape index (κ3) is 2.71. The molecule has 5 N–H and O–H groups in total. The highest BCUT2D eigenvalue weighted by Crippen LogP contribution is 2.32. The molecule has 0 saturated heterocycles. The summed E-state index contributed by atoms with van der Waals surface area (Å²) in [6.07, 6.45) is 1.63. The number of aliphatic carboxylic acids is 1. The van der Waals surface area contributed by atoms with E-state index in [0.717, 1.165) is 6.42 Å². The van der Waals surface area contributed by atoms with Gasteiger partial charge in [-0.2, -0.15) is 0 Å². The second-order valence-corrected chi connectivity index (χ2v) is 4.76. The minimum atomic E-state index is -1.16. The lowest BCUT2D eigenvalue weighted by molar-refractivity contribution is -0.148. The SMILES string of the molecule is NC(=O)c1ccc(NC(=O)NC2(C(=O)O)CCC2)cc1. The molecule has 1 saturated carbocycles. The molecule has 1 aromatic rings. The van der Waals surface area contributed by atoms with Crippen molar-refractivity contribution < 1.29 is 19.5 Å². The Kier molecular flexibility index (Phi) is 3.60. The van der Waals surface area contributed by atoms with Crippen LogP contribution in [0.2, 0.25) is 0 Å². The Morgan fingerprint density at radius 3 is 2.15 bits per heavy atom. The topological polar surface area (TPSA) is 122 Å². The zero-order valence-electron chi connectivity index (χ0n) is 10.7. The zero-order chi connectivity index (χ0) is 14.8. The molecule has 7 heteroatoms. The van der Waals surface area contributed by atoms with Gasteiger partial charge in [0.2, 0.25) is 5.91 Å². The Hall–Kier alpha value is -2.57. The Labute approximate surface area is 115 Å². The smallest absolute Gasteiger partial charge is 0.329 e. The van der Waals surface area contributed by atoms with Crippen LogP contribution in [0, 0.1) is 0 Å². The van der Waals surface area contributed by atoms with Crippen molar-refractivity contribution in [3.8, 4) is 0 Å². The number of anilines is 1. The minimum Gasteiger partial charge on any atom is -0.480 e. The Morgan fingerprint density at radius 1 is 1.15 bits per heavy atom. The molecule has 0 unspecified atom stereocenters. The molecule has 3 amide bonds. The van der Waals surface area contributed by atoms with Crippen molar-refractivity contribution in [1.82, 2.24) is 5.32 Å². The van der Waals surface area contributed by atoms with E-state index in [1.807, 2.05) is 0 Å². The predicted octanol–water partition coefficient (Wildman–Crippen LogP) is 0.914. The highest BCUT2D eigenvalue weighted by atomic mass is 16.4. The number of amides is 3. The normalized spacial score (nSPS) is 15.8. The van der Waals surface area contributed by atoms with Crippen LogP contribution in [-0.4, -0.2) is 28.6 Å². The first-order valence-electron chi connectivity index (χ1n) is 6.15. The molecule has 2 rings (SSSR count). The van der Waals surface area contributed by atoms with E-state index < -0.39 is 23.4 Å². The number of carboxylic acid groups (broad SMARTS) is 1. The van der Waals surface area contributed by atoms with Crippen LogP contribution in [0.4, 0.5) is 10.5 Å². The van der Waals surface area contributed by atoms with Crippen LogP contribution < -0.4 is 16.4 Å². The second-order valence-electron chi connectivity index (χ2n) is 4.76. The fourth-order valence-electron chi connectivity index (χ4n) is 2.02. The average Bonchev–Trinajstić information content (AvgIpc) is 2.34. The van der Waals surface area contributed by atoms with Gasteiger partial charge < -0.3 is 21.5 Å². The summed E-state index contributed by atoms with van der Waals surface area (Å²) in [5, 5.41) is 14.1. The average molecular weight is 277 g/mol. The molecule has 20 heavy (non-hydrogen) atoms. The minimum absolute atomic E-state index is 0.331. The molecule has 1 fully saturated rings. The maximum atomic E-state index is 11.8. The number of urea groups is 1. The predicted molar refractivity (Wildman–Crippen MR) is 71.3 cm³/mol. The van der Waals surface area contributed by atoms with Gasteiger partial charge >= 0.3 is 12.0 Å². The number of rotatable bonds is 4. The molecule has 1 aliphatic rings. The van der Waals surface area contributed by atoms with Crippen molar-refractivity contribution in [2.75, 3.05) is 5.32 Å². The Balaban J connectivity index is 1.97. The number of hydrogen-bond acceptors (Lipinski definition) is 3. The van der Waals surface area contributed by atoms with Crippen LogP contribution in [0.3, 0.4) is 0 Å². The molecule has 0 heterocycles. The maximum absolute atomic E-state index is 11.8. The van der Waals surface area contributed by atoms with Crippen molar-refractivity contribution in [3.63, 3.8) is 0 Å². The van der Waals surface area contributed by atoms with Crippen LogP contribution in [-0.2, 0) is 4.79 Å². The zero-order valence-corrected chi connectivity index (χ0v) is 10.7. The fourth-order valence-corrected chi connectivity index (χ4v) is 2.02. The molecular weight excluding hydrogens is 262 g/mol. The summed E-state index contributed by atoms with van der Waals surface area (Å²) < 4.78 is 0. The van der Waals surface area contributed by atoms with Gasteiger partial charge in [-0.15, -0.1) is 0 Å². The molecule has 0 bridgehead atoms. The summed E-state index contributed by atoms with van der Waals surface area (Å²) in [6.45, 7) is 0. The molecule has 1 aliphatic carbocycles. The van der Waals surface area contributed by atoms with Crippen molar-refractivity contribution in [2.24, 2.45) is 5.73 Å². The first-order chi connectivity index (χ1) is 9.43. The Bertz CT molecular complexity index is 549. The summed E-state index contributed by atoms with van der Waals surface area (Å²) in [5.41, 5.74) is 4.73. The summed E-state index contributed by atoms with van der Waals surface area (Å²) in [4.78, 5) is 33.8. The number of nitrogens with two attached hydrogens (primary N) is 1. The van der Waals surface area contributed by atoms with Crippen LogP contribution in [0.15, 0.2) is 24.3 Å². The largest absolute Gasteiger partial charge is 0.480 e. The van der Waals surface area contributed by atoms with Gasteiger partial charge in [-0.1, -0.05) is 0 Å². The van der Waals surface area contributed by atoms with E-state index in [0.29, 0.717) is 24.1 Å². The van der Waals surface area contributed by atoms with Gasteiger partial charge in [-0.25, -0.2) is 9.59 Å². The van der Waals surface area contributed by atoms with Crippen molar-refractivity contribution in [2.45, 2.75) is 24.8 Å². The number of primary amides is 1. The van der Waals surface area contributed by atoms with Crippen molar-refractivity contribution in [1.29, 1.82) is 0 Å². The molecule has 0 aromatic heterocycles. The highest BCUT2D eigenvalue weighted by molar-refractivity contribution is 5.96. The van der Waals surface area contributed by atoms with Crippen LogP contribution in [0.25, 0.3) is 0 Å². The van der Waals surface area contributed by atoms with Crippen LogP contribution >= 0.6 is 0 Å². The molecule has 0 radical (unpaired) electrons. The first kappa shape index (κ1) is 13.9. The number of carbonyl (C=O) groups excluding carboxylic acids is 2. The molecule has 0 atom stereocenters. The number of carbonyl (C=O) groups is 3. The number of nitrogens with one attached hydrogen (secondary N) is 2. The van der Waals surface area contributed by atoms with Gasteiger partial charge in [-0.3, -0.25) is 4.79 Å². The first-order valence-corrected chi connectivity index (χ1v) is 6.15. The van der Waals surface area contributed by atoms with Gasteiger partial charge in [0.1, 0.15) is 5.54 Å². The lowest BCUT2D eigenvalue weighted by Crippen LogP contribution is -2.60. The van der Waals surface area contributed by atoms with E-state index in [1.54, 1.807) is 0 Å². The summed E-state index contributed by atoms with van der Waals surface area (Å²) in [5.74, 6) is -1.58. The fraction of sp³-hybridized carbons (Fsp3) is 0.308. The van der Waals surface area contributed by atoms with Gasteiger partial charge in [0.05, 0.1) is 0 Å². The van der Waals surface area contributed by atoms with Gasteiger partial charge in [0, 0.05) is 11.3 Å². The second kappa shape index (κ2) is 5.20. The summed E-state index contributed by atoms with van der Waals surface area (Å²) in [7, 11) is 0. The number of carboxylic acids is 1. The van der Waals surface area contributed by atoms with Gasteiger partial charge in [-0.05, 0) is 43.5 Å². The van der Waals surface area contributed by atoms with E-state index in [9.17, 15) is 14.4 Å². The lowest BCUT2D eigenvalue weighted by atomic mass is 9.77. The lowest BCUT2D eigenvalue weighted by Gasteiger charge is -2.38. The van der Waals surface area contributed by atoms with Crippen LogP contribution in [0.5, 0.6) is 0 Å². The number of hydrogen-bond donors (Lipinski definition) is 4. The maximum Gasteiger partial charge on any atom is 0.329 e. The van der Waals surface area contributed by atoms with E-state index in [1.165, 1.54) is 24.3 Å². The van der Waals surface area contributed by atoms with E-state index in [4.69, 9.17) is 10.8 Å². The number of benzene rings is 1. The molecule has 0 aliphatic heterocycles. The summed E-state index contributed by atoms with van der Waals surface area (Å²) >= 11 is 0. The van der Waals surface area contributed by atoms with Gasteiger partial charge in [0.15, 0.2) is 0 Å². The Morgan fingerprint density at radius 2 is 1.75 bits per heavy atom. The standard InChI is InChI=1S/C13H15N3O4/c14-10(17)8-2-4-9(5-3-8)15-12(20)16-13(11(18)19)6-1-7-13/h2-5H,1,6-7H2,(H2,14,17)(H,18,19)(H2,15,16,20).